The lowest BCUT2D eigenvalue weighted by molar-refractivity contribution is -0.0471. The van der Waals surface area contributed by atoms with Gasteiger partial charge >= 0.3 is 35.3 Å². The van der Waals surface area contributed by atoms with Gasteiger partial charge in [-0.25, -0.2) is 14.4 Å². The lowest BCUT2D eigenvalue weighted by atomic mass is 9.97. The van der Waals surface area contributed by atoms with Gasteiger partial charge in [-0.15, -0.1) is 0 Å². The Bertz CT molecular complexity index is 4190. The van der Waals surface area contributed by atoms with Crippen LogP contribution in [0.25, 0.3) is 0 Å². The first-order valence-electron chi connectivity index (χ1n) is 27.6. The van der Waals surface area contributed by atoms with Gasteiger partial charge in [0.2, 0.25) is 17.2 Å². The van der Waals surface area contributed by atoms with E-state index in [0.717, 1.165) is 5.56 Å². The normalized spacial score (nSPS) is 14.1. The largest absolute Gasteiger partial charge is 0.485 e. The molecular weight excluding hydrogens is 1080 g/mol. The molecule has 0 unspecified atom stereocenters. The van der Waals surface area contributed by atoms with Crippen LogP contribution in [0.5, 0.6) is 57.5 Å². The van der Waals surface area contributed by atoms with Crippen LogP contribution < -0.4 is 47.4 Å². The number of esters is 3. The number of ether oxygens (including phenoxy) is 10. The molecular formula is C73H48O13. The Morgan fingerprint density at radius 3 is 0.884 bits per heavy atom. The number of hydrogen-bond acceptors (Lipinski definition) is 13. The second-order valence-electron chi connectivity index (χ2n) is 20.3. The van der Waals surface area contributed by atoms with E-state index in [0.29, 0.717) is 33.4 Å². The van der Waals surface area contributed by atoms with E-state index in [4.69, 9.17) is 47.4 Å². The third-order valence-electron chi connectivity index (χ3n) is 14.8. The first-order chi connectivity index (χ1) is 42.2. The third-order valence-corrected chi connectivity index (χ3v) is 14.8. The van der Waals surface area contributed by atoms with Gasteiger partial charge in [-0.1, -0.05) is 231 Å². The highest BCUT2D eigenvalue weighted by Gasteiger charge is 2.51. The molecule has 13 nitrogen and oxygen atoms in total. The number of carbonyl (C=O) groups excluding carboxylic acids is 3. The maximum atomic E-state index is 15.2. The van der Waals surface area contributed by atoms with E-state index in [1.54, 1.807) is 30.3 Å². The molecule has 3 aliphatic heterocycles. The van der Waals surface area contributed by atoms with E-state index < -0.39 is 35.3 Å². The Labute approximate surface area is 493 Å². The lowest BCUT2D eigenvalue weighted by Gasteiger charge is -2.28. The first-order valence-corrected chi connectivity index (χ1v) is 27.6. The van der Waals surface area contributed by atoms with E-state index in [-0.39, 0.29) is 80.8 Å². The van der Waals surface area contributed by atoms with Crippen molar-refractivity contribution in [2.45, 2.75) is 24.0 Å². The Morgan fingerprint density at radius 2 is 0.558 bits per heavy atom. The summed E-state index contributed by atoms with van der Waals surface area (Å²) in [5.41, 5.74) is 4.46. The number of benzene rings is 11. The number of para-hydroxylation sites is 1. The fourth-order valence-electron chi connectivity index (χ4n) is 10.7. The molecule has 86 heavy (non-hydrogen) atoms. The van der Waals surface area contributed by atoms with Gasteiger partial charge in [0.15, 0.2) is 34.5 Å². The van der Waals surface area contributed by atoms with Crippen LogP contribution in [-0.4, -0.2) is 17.9 Å². The van der Waals surface area contributed by atoms with E-state index in [2.05, 4.69) is 0 Å². The predicted octanol–water partition coefficient (Wildman–Crippen LogP) is 14.9. The Kier molecular flexibility index (Phi) is 13.4. The SMILES string of the molecule is O=C(Oc1ccccc1)c1cc(OC(=O)c2cc(OC(=O)c3cc(OCc4ccccc4)c4c(c3)OC(c3ccccc3)(c3ccccc3)O4)c3c(c2)OC(c2ccccc2)(c2ccccc2)O3)c2c(c1)OC(c1ccccc1)(c1ccccc1)O2. The highest BCUT2D eigenvalue weighted by Crippen LogP contribution is 2.56. The Balaban J connectivity index is 0.875. The first kappa shape index (κ1) is 52.5. The summed E-state index contributed by atoms with van der Waals surface area (Å²) in [4.78, 5) is 44.5. The van der Waals surface area contributed by atoms with Crippen molar-refractivity contribution in [1.29, 1.82) is 0 Å². The monoisotopic (exact) mass is 1130 g/mol. The van der Waals surface area contributed by atoms with E-state index in [1.807, 2.05) is 212 Å². The number of carbonyl (C=O) groups is 3. The maximum absolute atomic E-state index is 15.2. The Morgan fingerprint density at radius 1 is 0.291 bits per heavy atom. The molecule has 3 aliphatic rings. The van der Waals surface area contributed by atoms with Crippen molar-refractivity contribution in [2.75, 3.05) is 0 Å². The Hall–Kier alpha value is -11.6. The third kappa shape index (κ3) is 9.68. The summed E-state index contributed by atoms with van der Waals surface area (Å²) < 4.78 is 66.4. The van der Waals surface area contributed by atoms with Gasteiger partial charge in [0.05, 0.1) is 16.7 Å². The zero-order chi connectivity index (χ0) is 58.1. The molecule has 11 aromatic carbocycles. The van der Waals surface area contributed by atoms with E-state index in [1.165, 1.54) is 36.4 Å². The molecule has 3 heterocycles. The van der Waals surface area contributed by atoms with Crippen molar-refractivity contribution >= 4 is 17.9 Å². The predicted molar refractivity (Wildman–Crippen MR) is 316 cm³/mol. The van der Waals surface area contributed by atoms with Crippen LogP contribution in [0.15, 0.2) is 279 Å². The van der Waals surface area contributed by atoms with Gasteiger partial charge in [0, 0.05) is 33.4 Å². The quantitative estimate of drug-likeness (QED) is 0.0710. The van der Waals surface area contributed by atoms with Gasteiger partial charge in [-0.2, -0.15) is 0 Å². The average Bonchev–Trinajstić information content (AvgIpc) is 1.68. The van der Waals surface area contributed by atoms with E-state index in [9.17, 15) is 4.79 Å². The van der Waals surface area contributed by atoms with Crippen molar-refractivity contribution in [1.82, 2.24) is 0 Å². The molecule has 0 radical (unpaired) electrons. The maximum Gasteiger partial charge on any atom is 0.343 e. The molecule has 0 amide bonds. The van der Waals surface area contributed by atoms with Crippen LogP contribution in [0, 0.1) is 0 Å². The summed E-state index contributed by atoms with van der Waals surface area (Å²) in [5.74, 6) is -6.72. The molecule has 0 fully saturated rings. The van der Waals surface area contributed by atoms with Crippen molar-refractivity contribution < 1.29 is 61.8 Å². The van der Waals surface area contributed by atoms with Crippen LogP contribution in [0.3, 0.4) is 0 Å². The lowest BCUT2D eigenvalue weighted by Crippen LogP contribution is -2.36. The second-order valence-corrected chi connectivity index (χ2v) is 20.3. The van der Waals surface area contributed by atoms with Crippen LogP contribution in [0.2, 0.25) is 0 Å². The fraction of sp³-hybridized carbons (Fsp3) is 0.0548. The van der Waals surface area contributed by atoms with Crippen molar-refractivity contribution in [3.05, 3.63) is 335 Å². The summed E-state index contributed by atoms with van der Waals surface area (Å²) >= 11 is 0. The smallest absolute Gasteiger partial charge is 0.343 e. The summed E-state index contributed by atoms with van der Waals surface area (Å²) in [5, 5.41) is 0. The fourth-order valence-corrected chi connectivity index (χ4v) is 10.7. The molecule has 13 heteroatoms. The van der Waals surface area contributed by atoms with Crippen LogP contribution >= 0.6 is 0 Å². The minimum absolute atomic E-state index is 0.00223. The zero-order valence-corrected chi connectivity index (χ0v) is 45.6. The van der Waals surface area contributed by atoms with Crippen molar-refractivity contribution in [3.63, 3.8) is 0 Å². The molecule has 418 valence electrons. The van der Waals surface area contributed by atoms with Crippen molar-refractivity contribution in [3.8, 4) is 57.5 Å². The molecule has 14 rings (SSSR count). The van der Waals surface area contributed by atoms with Gasteiger partial charge in [0.1, 0.15) is 12.4 Å². The minimum atomic E-state index is -1.65. The summed E-state index contributed by atoms with van der Waals surface area (Å²) in [6.45, 7) is 0.111. The molecule has 11 aromatic rings. The van der Waals surface area contributed by atoms with Crippen molar-refractivity contribution in [2.24, 2.45) is 0 Å². The average molecular weight is 1130 g/mol. The summed E-state index contributed by atoms with van der Waals surface area (Å²) in [7, 11) is 0. The summed E-state index contributed by atoms with van der Waals surface area (Å²) in [6.07, 6.45) is 0. The molecule has 0 bridgehead atoms. The van der Waals surface area contributed by atoms with Gasteiger partial charge in [0.25, 0.3) is 0 Å². The second kappa shape index (κ2) is 22.0. The molecule has 0 saturated carbocycles. The zero-order valence-electron chi connectivity index (χ0n) is 45.6. The van der Waals surface area contributed by atoms with Gasteiger partial charge in [-0.05, 0) is 54.1 Å². The highest BCUT2D eigenvalue weighted by atomic mass is 16.8. The van der Waals surface area contributed by atoms with Gasteiger partial charge < -0.3 is 47.4 Å². The number of fused-ring (bicyclic) bond motifs is 3. The minimum Gasteiger partial charge on any atom is -0.485 e. The van der Waals surface area contributed by atoms with Crippen LogP contribution in [-0.2, 0) is 24.0 Å². The topological polar surface area (TPSA) is 144 Å². The van der Waals surface area contributed by atoms with Crippen LogP contribution in [0.4, 0.5) is 0 Å². The van der Waals surface area contributed by atoms with Gasteiger partial charge in [-0.3, -0.25) is 0 Å². The number of hydrogen-bond donors (Lipinski definition) is 0. The standard InChI is InChI=1S/C73H48O13/c74-68(78-58-39-23-8-24-40-58)50-42-60(66-63(45-50)82-72(85-66,54-31-15-4-16-32-54)55-33-17-5-18-34-55)80-70(76)51-43-61(67-64(46-51)83-73(86-67,56-35-19-6-20-36-56)57-37-21-7-22-38-57)79-69(75)49-41-59(77-47-48-25-9-1-10-26-48)65-62(44-49)81-71(84-65,52-27-11-2-12-28-52)53-29-13-3-14-30-53/h1-46H,47H2. The molecule has 0 aromatic heterocycles. The number of rotatable bonds is 15. The highest BCUT2D eigenvalue weighted by molar-refractivity contribution is 5.97. The van der Waals surface area contributed by atoms with Crippen LogP contribution in [0.1, 0.15) is 70.0 Å². The van der Waals surface area contributed by atoms with E-state index >= 15 is 9.59 Å². The molecule has 0 atom stereocenters. The summed E-state index contributed by atoms with van der Waals surface area (Å²) in [6, 6.07) is 82.7. The molecule has 0 N–H and O–H groups in total. The molecule has 0 aliphatic carbocycles. The molecule has 0 spiro atoms. The molecule has 0 saturated heterocycles.